The molecule has 0 saturated carbocycles. The Balaban J connectivity index is 2.08. The highest BCUT2D eigenvalue weighted by Gasteiger charge is 2.09. The van der Waals surface area contributed by atoms with E-state index in [2.05, 4.69) is 59.3 Å². The molecule has 2 rings (SSSR count). The molecule has 0 bridgehead atoms. The topological polar surface area (TPSA) is 29.9 Å². The van der Waals surface area contributed by atoms with Crippen LogP contribution in [0.2, 0.25) is 0 Å². The Labute approximate surface area is 115 Å². The zero-order valence-corrected chi connectivity index (χ0v) is 12.1. The van der Waals surface area contributed by atoms with E-state index in [-0.39, 0.29) is 0 Å². The molecule has 19 heavy (non-hydrogen) atoms. The number of nitrogens with one attached hydrogen (secondary N) is 1. The van der Waals surface area contributed by atoms with E-state index in [1.807, 2.05) is 13.0 Å². The minimum Gasteiger partial charge on any atom is -0.348 e. The highest BCUT2D eigenvalue weighted by atomic mass is 15.0. The molecule has 1 N–H and O–H groups in total. The van der Waals surface area contributed by atoms with Crippen LogP contribution in [0.3, 0.4) is 0 Å². The summed E-state index contributed by atoms with van der Waals surface area (Å²) in [5, 5.41) is 3.51. The van der Waals surface area contributed by atoms with Gasteiger partial charge in [0.2, 0.25) is 0 Å². The van der Waals surface area contributed by atoms with Gasteiger partial charge in [0, 0.05) is 24.1 Å². The molecule has 0 fully saturated rings. The van der Waals surface area contributed by atoms with Gasteiger partial charge in [0.15, 0.2) is 0 Å². The lowest BCUT2D eigenvalue weighted by Gasteiger charge is -2.13. The summed E-state index contributed by atoms with van der Waals surface area (Å²) in [4.78, 5) is 4.54. The second-order valence-electron chi connectivity index (χ2n) is 4.91. The fourth-order valence-corrected chi connectivity index (χ4v) is 2.38. The summed E-state index contributed by atoms with van der Waals surface area (Å²) in [6.07, 6.45) is 5.47. The van der Waals surface area contributed by atoms with Crippen LogP contribution in [-0.2, 0) is 6.54 Å². The predicted octanol–water partition coefficient (Wildman–Crippen LogP) is 3.30. The Kier molecular flexibility index (Phi) is 4.74. The molecular formula is C16H23N3. The number of pyridine rings is 1. The van der Waals surface area contributed by atoms with Crippen molar-refractivity contribution in [3.8, 4) is 0 Å². The molecule has 2 heterocycles. The Hall–Kier alpha value is -1.61. The summed E-state index contributed by atoms with van der Waals surface area (Å²) in [7, 11) is 0. The molecule has 3 nitrogen and oxygen atoms in total. The Morgan fingerprint density at radius 2 is 2.11 bits per heavy atom. The minimum atomic E-state index is 0.455. The van der Waals surface area contributed by atoms with Crippen LogP contribution in [0.5, 0.6) is 0 Å². The first kappa shape index (κ1) is 13.8. The maximum absolute atomic E-state index is 4.54. The number of aryl methyl sites for hydroxylation is 1. The third-order valence-corrected chi connectivity index (χ3v) is 3.33. The van der Waals surface area contributed by atoms with Gasteiger partial charge in [-0.25, -0.2) is 0 Å². The van der Waals surface area contributed by atoms with Crippen LogP contribution in [0.4, 0.5) is 0 Å². The molecule has 0 aliphatic rings. The van der Waals surface area contributed by atoms with E-state index in [1.165, 1.54) is 5.56 Å². The number of nitrogens with zero attached hydrogens (tertiary/aromatic N) is 2. The smallest absolute Gasteiger partial charge is 0.0642 e. The first-order valence-corrected chi connectivity index (χ1v) is 7.04. The van der Waals surface area contributed by atoms with Gasteiger partial charge in [0.05, 0.1) is 12.2 Å². The van der Waals surface area contributed by atoms with Crippen LogP contribution in [0.1, 0.15) is 43.3 Å². The van der Waals surface area contributed by atoms with E-state index in [1.54, 1.807) is 0 Å². The minimum absolute atomic E-state index is 0.455. The standard InChI is InChI=1S/C16H23N3/c1-4-16(17-5-2)14-9-10-19(11-14)12-15-8-6-7-13(3)18-15/h6-11,16-17H,4-5,12H2,1-3H3. The zero-order chi connectivity index (χ0) is 13.7. The van der Waals surface area contributed by atoms with E-state index in [0.29, 0.717) is 6.04 Å². The second-order valence-corrected chi connectivity index (χ2v) is 4.91. The van der Waals surface area contributed by atoms with Crippen molar-refractivity contribution in [3.63, 3.8) is 0 Å². The molecule has 102 valence electrons. The summed E-state index contributed by atoms with van der Waals surface area (Å²) < 4.78 is 2.21. The maximum atomic E-state index is 4.54. The number of rotatable bonds is 6. The largest absolute Gasteiger partial charge is 0.348 e. The van der Waals surface area contributed by atoms with Crippen molar-refractivity contribution in [2.24, 2.45) is 0 Å². The Morgan fingerprint density at radius 3 is 2.79 bits per heavy atom. The molecule has 0 aliphatic carbocycles. The second kappa shape index (κ2) is 6.53. The monoisotopic (exact) mass is 257 g/mol. The van der Waals surface area contributed by atoms with E-state index in [0.717, 1.165) is 30.9 Å². The van der Waals surface area contributed by atoms with Crippen LogP contribution < -0.4 is 5.32 Å². The Bertz CT molecular complexity index is 516. The third kappa shape index (κ3) is 3.67. The van der Waals surface area contributed by atoms with Crippen LogP contribution in [0.15, 0.2) is 36.7 Å². The molecule has 2 aromatic heterocycles. The molecule has 3 heteroatoms. The molecule has 1 atom stereocenters. The normalized spacial score (nSPS) is 12.6. The van der Waals surface area contributed by atoms with Gasteiger partial charge in [0.1, 0.15) is 0 Å². The molecule has 1 unspecified atom stereocenters. The molecule has 0 aromatic carbocycles. The van der Waals surface area contributed by atoms with Crippen LogP contribution in [-0.4, -0.2) is 16.1 Å². The van der Waals surface area contributed by atoms with Crippen LogP contribution in [0, 0.1) is 6.92 Å². The summed E-state index contributed by atoms with van der Waals surface area (Å²) in [5.41, 5.74) is 3.54. The molecular weight excluding hydrogens is 234 g/mol. The zero-order valence-electron chi connectivity index (χ0n) is 12.1. The van der Waals surface area contributed by atoms with Crippen molar-refractivity contribution in [1.82, 2.24) is 14.9 Å². The van der Waals surface area contributed by atoms with E-state index in [9.17, 15) is 0 Å². The first-order valence-electron chi connectivity index (χ1n) is 7.04. The van der Waals surface area contributed by atoms with E-state index in [4.69, 9.17) is 0 Å². The summed E-state index contributed by atoms with van der Waals surface area (Å²) in [6, 6.07) is 8.83. The Morgan fingerprint density at radius 1 is 1.26 bits per heavy atom. The molecule has 2 aromatic rings. The SMILES string of the molecule is CCNC(CC)c1ccn(Cc2cccc(C)n2)c1. The van der Waals surface area contributed by atoms with Gasteiger partial charge < -0.3 is 9.88 Å². The predicted molar refractivity (Wildman–Crippen MR) is 79.2 cm³/mol. The van der Waals surface area contributed by atoms with Crippen LogP contribution in [0.25, 0.3) is 0 Å². The van der Waals surface area contributed by atoms with Gasteiger partial charge in [-0.3, -0.25) is 4.98 Å². The van der Waals surface area contributed by atoms with Gasteiger partial charge >= 0.3 is 0 Å². The van der Waals surface area contributed by atoms with Crippen molar-refractivity contribution in [1.29, 1.82) is 0 Å². The molecule has 0 aliphatic heterocycles. The van der Waals surface area contributed by atoms with Crippen molar-refractivity contribution in [3.05, 3.63) is 53.6 Å². The van der Waals surface area contributed by atoms with E-state index >= 15 is 0 Å². The van der Waals surface area contributed by atoms with E-state index < -0.39 is 0 Å². The van der Waals surface area contributed by atoms with Crippen molar-refractivity contribution < 1.29 is 0 Å². The van der Waals surface area contributed by atoms with Gasteiger partial charge in [0.25, 0.3) is 0 Å². The lowest BCUT2D eigenvalue weighted by atomic mass is 10.1. The quantitative estimate of drug-likeness (QED) is 0.860. The van der Waals surface area contributed by atoms with Crippen LogP contribution >= 0.6 is 0 Å². The molecule has 0 amide bonds. The van der Waals surface area contributed by atoms with Gasteiger partial charge in [-0.15, -0.1) is 0 Å². The van der Waals surface area contributed by atoms with Gasteiger partial charge in [-0.1, -0.05) is 19.9 Å². The fourth-order valence-electron chi connectivity index (χ4n) is 2.38. The highest BCUT2D eigenvalue weighted by Crippen LogP contribution is 2.17. The van der Waals surface area contributed by atoms with Crippen molar-refractivity contribution in [2.75, 3.05) is 6.54 Å². The van der Waals surface area contributed by atoms with Gasteiger partial charge in [-0.05, 0) is 43.7 Å². The lowest BCUT2D eigenvalue weighted by molar-refractivity contribution is 0.536. The molecule has 0 saturated heterocycles. The van der Waals surface area contributed by atoms with Crippen molar-refractivity contribution in [2.45, 2.75) is 39.8 Å². The fraction of sp³-hybridized carbons (Fsp3) is 0.438. The highest BCUT2D eigenvalue weighted by molar-refractivity contribution is 5.17. The average molecular weight is 257 g/mol. The lowest BCUT2D eigenvalue weighted by Crippen LogP contribution is -2.19. The average Bonchev–Trinajstić information content (AvgIpc) is 2.84. The molecule has 0 spiro atoms. The summed E-state index contributed by atoms with van der Waals surface area (Å²) >= 11 is 0. The summed E-state index contributed by atoms with van der Waals surface area (Å²) in [5.74, 6) is 0. The first-order chi connectivity index (χ1) is 9.22. The number of hydrogen-bond donors (Lipinski definition) is 1. The maximum Gasteiger partial charge on any atom is 0.0642 e. The number of aromatic nitrogens is 2. The summed E-state index contributed by atoms with van der Waals surface area (Å²) in [6.45, 7) is 8.24. The number of hydrogen-bond acceptors (Lipinski definition) is 2. The van der Waals surface area contributed by atoms with Crippen molar-refractivity contribution >= 4 is 0 Å². The molecule has 0 radical (unpaired) electrons. The third-order valence-electron chi connectivity index (χ3n) is 3.33. The van der Waals surface area contributed by atoms with Gasteiger partial charge in [-0.2, -0.15) is 0 Å².